The summed E-state index contributed by atoms with van der Waals surface area (Å²) in [6.45, 7) is 8.16. The second-order valence-electron chi connectivity index (χ2n) is 10.5. The lowest BCUT2D eigenvalue weighted by atomic mass is 9.89. The van der Waals surface area contributed by atoms with Gasteiger partial charge in [-0.25, -0.2) is 4.79 Å². The van der Waals surface area contributed by atoms with Gasteiger partial charge in [-0.15, -0.1) is 0 Å². The minimum Gasteiger partial charge on any atom is -0.444 e. The van der Waals surface area contributed by atoms with Crippen LogP contribution in [0.15, 0.2) is 4.52 Å². The van der Waals surface area contributed by atoms with E-state index in [2.05, 4.69) is 20.8 Å². The van der Waals surface area contributed by atoms with Crippen molar-refractivity contribution in [2.45, 2.75) is 109 Å². The summed E-state index contributed by atoms with van der Waals surface area (Å²) in [4.78, 5) is 42.8. The largest absolute Gasteiger partial charge is 0.444 e. The van der Waals surface area contributed by atoms with Gasteiger partial charge < -0.3 is 24.8 Å². The molecule has 10 nitrogen and oxygen atoms in total. The predicted molar refractivity (Wildman–Crippen MR) is 125 cm³/mol. The van der Waals surface area contributed by atoms with Crippen molar-refractivity contribution in [1.82, 2.24) is 25.7 Å². The molecule has 10 heteroatoms. The number of piperidine rings is 1. The average molecular weight is 478 g/mol. The molecule has 2 N–H and O–H groups in total. The molecule has 2 fully saturated rings. The number of nitrogens with zero attached hydrogens (tertiary/aromatic N) is 3. The molecule has 34 heavy (non-hydrogen) atoms. The summed E-state index contributed by atoms with van der Waals surface area (Å²) in [7, 11) is 0. The van der Waals surface area contributed by atoms with Crippen LogP contribution in [0.4, 0.5) is 4.79 Å². The summed E-state index contributed by atoms with van der Waals surface area (Å²) >= 11 is 0. The van der Waals surface area contributed by atoms with E-state index in [0.29, 0.717) is 44.1 Å². The summed E-state index contributed by atoms with van der Waals surface area (Å²) in [6.07, 6.45) is 7.47. The molecule has 1 aliphatic carbocycles. The number of carbonyl (C=O) groups excluding carboxylic acids is 3. The van der Waals surface area contributed by atoms with Gasteiger partial charge in [-0.3, -0.25) is 9.59 Å². The summed E-state index contributed by atoms with van der Waals surface area (Å²) in [5.74, 6) is 0.722. The maximum atomic E-state index is 12.5. The number of likely N-dealkylation sites (tertiary alicyclic amines) is 1. The van der Waals surface area contributed by atoms with Gasteiger partial charge in [-0.05, 0) is 46.5 Å². The van der Waals surface area contributed by atoms with Gasteiger partial charge in [0.05, 0.1) is 0 Å². The molecule has 3 rings (SSSR count). The van der Waals surface area contributed by atoms with Crippen molar-refractivity contribution in [3.63, 3.8) is 0 Å². The molecule has 0 unspecified atom stereocenters. The Kier molecular flexibility index (Phi) is 8.54. The Morgan fingerprint density at radius 1 is 1.12 bits per heavy atom. The van der Waals surface area contributed by atoms with Crippen molar-refractivity contribution in [1.29, 1.82) is 0 Å². The number of nitrogens with one attached hydrogen (secondary N) is 2. The van der Waals surface area contributed by atoms with Crippen LogP contribution in [0.2, 0.25) is 0 Å². The molecule has 0 atom stereocenters. The molecular formula is C24H39N5O5. The van der Waals surface area contributed by atoms with Crippen LogP contribution >= 0.6 is 0 Å². The molecule has 2 heterocycles. The number of ether oxygens (including phenoxy) is 1. The first-order valence-corrected chi connectivity index (χ1v) is 12.5. The van der Waals surface area contributed by atoms with Gasteiger partial charge in [0.1, 0.15) is 11.1 Å². The maximum Gasteiger partial charge on any atom is 0.410 e. The minimum absolute atomic E-state index is 0.0263. The predicted octanol–water partition coefficient (Wildman–Crippen LogP) is 3.20. The van der Waals surface area contributed by atoms with Crippen molar-refractivity contribution in [3.05, 3.63) is 11.7 Å². The first kappa shape index (κ1) is 26.0. The number of hydrogen-bond acceptors (Lipinski definition) is 7. The van der Waals surface area contributed by atoms with Crippen molar-refractivity contribution in [3.8, 4) is 0 Å². The first-order chi connectivity index (χ1) is 16.1. The van der Waals surface area contributed by atoms with E-state index >= 15 is 0 Å². The third-order valence-electron chi connectivity index (χ3n) is 6.35. The van der Waals surface area contributed by atoms with Crippen molar-refractivity contribution >= 4 is 17.9 Å². The molecule has 0 aromatic carbocycles. The molecule has 190 valence electrons. The fraction of sp³-hybridized carbons (Fsp3) is 0.792. The Bertz CT molecular complexity index is 846. The molecule has 0 spiro atoms. The smallest absolute Gasteiger partial charge is 0.410 e. The van der Waals surface area contributed by atoms with Gasteiger partial charge in [0.15, 0.2) is 5.82 Å². The molecule has 3 amide bonds. The Hall–Kier alpha value is -2.65. The van der Waals surface area contributed by atoms with Gasteiger partial charge in [0.2, 0.25) is 17.7 Å². The third kappa shape index (κ3) is 7.43. The van der Waals surface area contributed by atoms with E-state index in [-0.39, 0.29) is 30.4 Å². The lowest BCUT2D eigenvalue weighted by Gasteiger charge is -2.33. The van der Waals surface area contributed by atoms with Gasteiger partial charge in [0, 0.05) is 38.9 Å². The standard InChI is InChI=1S/C24H39N5O5/c1-17(30)27-24(13-7-5-6-8-14-24)21-26-20(34-28-21)10-9-19(31)25-18-11-15-29(16-12-18)22(32)33-23(2,3)4/h18H,5-16H2,1-4H3,(H,25,31)(H,27,30). The monoisotopic (exact) mass is 477 g/mol. The van der Waals surface area contributed by atoms with E-state index < -0.39 is 11.1 Å². The highest BCUT2D eigenvalue weighted by Crippen LogP contribution is 2.34. The summed E-state index contributed by atoms with van der Waals surface area (Å²) < 4.78 is 10.9. The molecule has 1 aromatic rings. The van der Waals surface area contributed by atoms with Crippen LogP contribution in [0.1, 0.15) is 97.2 Å². The lowest BCUT2D eigenvalue weighted by Crippen LogP contribution is -2.47. The third-order valence-corrected chi connectivity index (χ3v) is 6.35. The Morgan fingerprint density at radius 2 is 1.76 bits per heavy atom. The second kappa shape index (κ2) is 11.2. The number of rotatable bonds is 6. The van der Waals surface area contributed by atoms with Crippen LogP contribution in [0.25, 0.3) is 0 Å². The highest BCUT2D eigenvalue weighted by Gasteiger charge is 2.38. The fourth-order valence-corrected chi connectivity index (χ4v) is 4.68. The maximum absolute atomic E-state index is 12.5. The van der Waals surface area contributed by atoms with E-state index in [1.54, 1.807) is 4.90 Å². The SMILES string of the molecule is CC(=O)NC1(c2noc(CCC(=O)NC3CCN(C(=O)OC(C)(C)C)CC3)n2)CCCCCC1. The normalized spacial score (nSPS) is 19.2. The molecule has 2 aliphatic rings. The number of amides is 3. The fourth-order valence-electron chi connectivity index (χ4n) is 4.68. The highest BCUT2D eigenvalue weighted by atomic mass is 16.6. The van der Waals surface area contributed by atoms with Crippen LogP contribution in [-0.4, -0.2) is 57.7 Å². The number of aryl methyl sites for hydroxylation is 1. The van der Waals surface area contributed by atoms with Crippen LogP contribution in [0, 0.1) is 0 Å². The minimum atomic E-state index is -0.589. The quantitative estimate of drug-likeness (QED) is 0.602. The summed E-state index contributed by atoms with van der Waals surface area (Å²) in [5.41, 5.74) is -1.11. The number of carbonyl (C=O) groups is 3. The number of hydrogen-bond donors (Lipinski definition) is 2. The molecule has 1 saturated carbocycles. The van der Waals surface area contributed by atoms with E-state index in [0.717, 1.165) is 38.5 Å². The lowest BCUT2D eigenvalue weighted by molar-refractivity contribution is -0.122. The second-order valence-corrected chi connectivity index (χ2v) is 10.5. The Balaban J connectivity index is 1.47. The average Bonchev–Trinajstić information content (AvgIpc) is 3.11. The van der Waals surface area contributed by atoms with Crippen LogP contribution in [0.3, 0.4) is 0 Å². The first-order valence-electron chi connectivity index (χ1n) is 12.5. The van der Waals surface area contributed by atoms with Gasteiger partial charge in [0.25, 0.3) is 0 Å². The summed E-state index contributed by atoms with van der Waals surface area (Å²) in [5, 5.41) is 10.3. The zero-order valence-electron chi connectivity index (χ0n) is 20.9. The zero-order valence-corrected chi connectivity index (χ0v) is 20.9. The van der Waals surface area contributed by atoms with Crippen LogP contribution < -0.4 is 10.6 Å². The summed E-state index contributed by atoms with van der Waals surface area (Å²) in [6, 6.07) is 0.0263. The highest BCUT2D eigenvalue weighted by molar-refractivity contribution is 5.76. The zero-order chi connectivity index (χ0) is 24.8. The number of aromatic nitrogens is 2. The molecule has 1 aliphatic heterocycles. The molecule has 0 radical (unpaired) electrons. The van der Waals surface area contributed by atoms with Gasteiger partial charge >= 0.3 is 6.09 Å². The van der Waals surface area contributed by atoms with Gasteiger partial charge in [-0.2, -0.15) is 4.98 Å². The van der Waals surface area contributed by atoms with E-state index in [9.17, 15) is 14.4 Å². The molecule has 1 aromatic heterocycles. The molecule has 1 saturated heterocycles. The van der Waals surface area contributed by atoms with Crippen LogP contribution in [-0.2, 0) is 26.3 Å². The van der Waals surface area contributed by atoms with E-state index in [1.807, 2.05) is 20.8 Å². The topological polar surface area (TPSA) is 127 Å². The Morgan fingerprint density at radius 3 is 2.35 bits per heavy atom. The van der Waals surface area contributed by atoms with E-state index in [1.165, 1.54) is 6.92 Å². The molecule has 0 bridgehead atoms. The Labute approximate surface area is 201 Å². The van der Waals surface area contributed by atoms with Gasteiger partial charge in [-0.1, -0.05) is 30.8 Å². The van der Waals surface area contributed by atoms with Crippen LogP contribution in [0.5, 0.6) is 0 Å². The van der Waals surface area contributed by atoms with Crippen molar-refractivity contribution < 1.29 is 23.6 Å². The van der Waals surface area contributed by atoms with Crippen molar-refractivity contribution in [2.75, 3.05) is 13.1 Å². The van der Waals surface area contributed by atoms with E-state index in [4.69, 9.17) is 9.26 Å². The van der Waals surface area contributed by atoms with Crippen molar-refractivity contribution in [2.24, 2.45) is 0 Å². The molecular weight excluding hydrogens is 438 g/mol.